The average molecular weight is 253 g/mol. The number of hydrogen-bond donors (Lipinski definition) is 0. The van der Waals surface area contributed by atoms with Crippen molar-refractivity contribution >= 4 is 5.91 Å². The summed E-state index contributed by atoms with van der Waals surface area (Å²) in [5.74, 6) is 0.0356. The molecular formula is C17H19NO. The van der Waals surface area contributed by atoms with Crippen molar-refractivity contribution in [1.29, 1.82) is 0 Å². The number of benzene rings is 2. The van der Waals surface area contributed by atoms with Gasteiger partial charge in [-0.05, 0) is 35.2 Å². The highest BCUT2D eigenvalue weighted by molar-refractivity contribution is 5.95. The van der Waals surface area contributed by atoms with Crippen molar-refractivity contribution in [3.8, 4) is 11.1 Å². The lowest BCUT2D eigenvalue weighted by Gasteiger charge is -2.11. The van der Waals surface area contributed by atoms with Gasteiger partial charge in [-0.2, -0.15) is 0 Å². The molecule has 0 aliphatic rings. The first-order valence-electron chi connectivity index (χ1n) is 6.53. The fraction of sp³-hybridized carbons (Fsp3) is 0.235. The van der Waals surface area contributed by atoms with E-state index in [9.17, 15) is 4.79 Å². The van der Waals surface area contributed by atoms with E-state index in [1.165, 1.54) is 5.56 Å². The molecule has 0 aliphatic heterocycles. The standard InChI is InChI=1S/C17H19NO/c1-4-13-7-5-8-14(11-13)15-9-6-10-16(12-15)17(19)18(2)3/h5-12H,4H2,1-3H3. The van der Waals surface area contributed by atoms with Crippen LogP contribution in [-0.2, 0) is 6.42 Å². The van der Waals surface area contributed by atoms with Gasteiger partial charge in [-0.15, -0.1) is 0 Å². The Bertz CT molecular complexity index is 587. The van der Waals surface area contributed by atoms with Crippen molar-refractivity contribution < 1.29 is 4.79 Å². The molecule has 0 aromatic heterocycles. The summed E-state index contributed by atoms with van der Waals surface area (Å²) in [6, 6.07) is 16.2. The predicted molar refractivity (Wildman–Crippen MR) is 79.3 cm³/mol. The summed E-state index contributed by atoms with van der Waals surface area (Å²) in [5, 5.41) is 0. The van der Waals surface area contributed by atoms with E-state index in [0.29, 0.717) is 0 Å². The second kappa shape index (κ2) is 5.70. The predicted octanol–water partition coefficient (Wildman–Crippen LogP) is 3.62. The zero-order valence-electron chi connectivity index (χ0n) is 11.7. The molecule has 19 heavy (non-hydrogen) atoms. The molecule has 0 atom stereocenters. The third-order valence-electron chi connectivity index (χ3n) is 3.18. The molecule has 1 amide bonds. The molecule has 0 radical (unpaired) electrons. The van der Waals surface area contributed by atoms with Crippen molar-refractivity contribution in [2.45, 2.75) is 13.3 Å². The van der Waals surface area contributed by atoms with Gasteiger partial charge in [-0.3, -0.25) is 4.79 Å². The molecule has 2 rings (SSSR count). The maximum atomic E-state index is 12.0. The van der Waals surface area contributed by atoms with Crippen LogP contribution >= 0.6 is 0 Å². The van der Waals surface area contributed by atoms with E-state index >= 15 is 0 Å². The monoisotopic (exact) mass is 253 g/mol. The second-order valence-corrected chi connectivity index (χ2v) is 4.83. The summed E-state index contributed by atoms with van der Waals surface area (Å²) < 4.78 is 0. The van der Waals surface area contributed by atoms with Gasteiger partial charge in [0.1, 0.15) is 0 Å². The molecule has 0 spiro atoms. The lowest BCUT2D eigenvalue weighted by atomic mass is 10.00. The highest BCUT2D eigenvalue weighted by Crippen LogP contribution is 2.22. The summed E-state index contributed by atoms with van der Waals surface area (Å²) in [4.78, 5) is 13.6. The summed E-state index contributed by atoms with van der Waals surface area (Å²) in [6.07, 6.45) is 1.02. The quantitative estimate of drug-likeness (QED) is 0.818. The molecule has 0 bridgehead atoms. The van der Waals surface area contributed by atoms with Gasteiger partial charge in [0.25, 0.3) is 5.91 Å². The molecule has 0 aliphatic carbocycles. The Morgan fingerprint density at radius 3 is 2.26 bits per heavy atom. The molecule has 2 aromatic carbocycles. The van der Waals surface area contributed by atoms with Gasteiger partial charge < -0.3 is 4.90 Å². The summed E-state index contributed by atoms with van der Waals surface area (Å²) in [6.45, 7) is 2.14. The van der Waals surface area contributed by atoms with Gasteiger partial charge in [0.2, 0.25) is 0 Å². The lowest BCUT2D eigenvalue weighted by Crippen LogP contribution is -2.21. The Labute approximate surface area is 114 Å². The molecule has 0 saturated carbocycles. The Morgan fingerprint density at radius 1 is 1.00 bits per heavy atom. The van der Waals surface area contributed by atoms with Crippen LogP contribution in [0.2, 0.25) is 0 Å². The van der Waals surface area contributed by atoms with Gasteiger partial charge in [0.15, 0.2) is 0 Å². The summed E-state index contributed by atoms with van der Waals surface area (Å²) in [5.41, 5.74) is 4.28. The first-order chi connectivity index (χ1) is 9.11. The molecule has 98 valence electrons. The highest BCUT2D eigenvalue weighted by atomic mass is 16.2. The smallest absolute Gasteiger partial charge is 0.253 e. The van der Waals surface area contributed by atoms with Crippen LogP contribution in [0.3, 0.4) is 0 Å². The fourth-order valence-electron chi connectivity index (χ4n) is 2.06. The minimum absolute atomic E-state index is 0.0356. The number of aryl methyl sites for hydroxylation is 1. The van der Waals surface area contributed by atoms with E-state index in [0.717, 1.165) is 23.1 Å². The lowest BCUT2D eigenvalue weighted by molar-refractivity contribution is 0.0827. The molecule has 2 nitrogen and oxygen atoms in total. The van der Waals surface area contributed by atoms with Crippen LogP contribution in [0, 0.1) is 0 Å². The first kappa shape index (κ1) is 13.3. The van der Waals surface area contributed by atoms with Gasteiger partial charge in [-0.1, -0.05) is 43.3 Å². The van der Waals surface area contributed by atoms with Crippen molar-refractivity contribution in [1.82, 2.24) is 4.90 Å². The van der Waals surface area contributed by atoms with Crippen molar-refractivity contribution in [2.75, 3.05) is 14.1 Å². The highest BCUT2D eigenvalue weighted by Gasteiger charge is 2.08. The Kier molecular flexibility index (Phi) is 4.00. The van der Waals surface area contributed by atoms with Crippen LogP contribution in [0.15, 0.2) is 48.5 Å². The maximum absolute atomic E-state index is 12.0. The Hall–Kier alpha value is -2.09. The van der Waals surface area contributed by atoms with Crippen LogP contribution in [0.4, 0.5) is 0 Å². The van der Waals surface area contributed by atoms with Gasteiger partial charge in [0.05, 0.1) is 0 Å². The molecular weight excluding hydrogens is 234 g/mol. The van der Waals surface area contributed by atoms with Crippen molar-refractivity contribution in [3.63, 3.8) is 0 Å². The average Bonchev–Trinajstić information content (AvgIpc) is 2.46. The number of hydrogen-bond acceptors (Lipinski definition) is 1. The number of carbonyl (C=O) groups is 1. The van der Waals surface area contributed by atoms with Crippen molar-refractivity contribution in [2.24, 2.45) is 0 Å². The van der Waals surface area contributed by atoms with Gasteiger partial charge in [0, 0.05) is 19.7 Å². The minimum Gasteiger partial charge on any atom is -0.345 e. The van der Waals surface area contributed by atoms with Crippen LogP contribution in [0.25, 0.3) is 11.1 Å². The number of nitrogens with zero attached hydrogens (tertiary/aromatic N) is 1. The van der Waals surface area contributed by atoms with E-state index in [1.807, 2.05) is 24.3 Å². The van der Waals surface area contributed by atoms with Crippen LogP contribution in [0.1, 0.15) is 22.8 Å². The van der Waals surface area contributed by atoms with Crippen LogP contribution < -0.4 is 0 Å². The zero-order valence-corrected chi connectivity index (χ0v) is 11.7. The van der Waals surface area contributed by atoms with Crippen LogP contribution in [-0.4, -0.2) is 24.9 Å². The number of rotatable bonds is 3. The van der Waals surface area contributed by atoms with Gasteiger partial charge in [-0.25, -0.2) is 0 Å². The minimum atomic E-state index is 0.0356. The normalized spacial score (nSPS) is 10.3. The van der Waals surface area contributed by atoms with E-state index < -0.39 is 0 Å². The summed E-state index contributed by atoms with van der Waals surface area (Å²) >= 11 is 0. The topological polar surface area (TPSA) is 20.3 Å². The van der Waals surface area contributed by atoms with Crippen molar-refractivity contribution in [3.05, 3.63) is 59.7 Å². The SMILES string of the molecule is CCc1cccc(-c2cccc(C(=O)N(C)C)c2)c1. The molecule has 2 heteroatoms. The van der Waals surface area contributed by atoms with E-state index in [-0.39, 0.29) is 5.91 Å². The third kappa shape index (κ3) is 3.02. The van der Waals surface area contributed by atoms with Gasteiger partial charge >= 0.3 is 0 Å². The zero-order chi connectivity index (χ0) is 13.8. The maximum Gasteiger partial charge on any atom is 0.253 e. The Morgan fingerprint density at radius 2 is 1.63 bits per heavy atom. The Balaban J connectivity index is 2.40. The second-order valence-electron chi connectivity index (χ2n) is 4.83. The largest absolute Gasteiger partial charge is 0.345 e. The molecule has 2 aromatic rings. The molecule has 0 unspecified atom stereocenters. The molecule has 0 saturated heterocycles. The third-order valence-corrected chi connectivity index (χ3v) is 3.18. The van der Waals surface area contributed by atoms with E-state index in [1.54, 1.807) is 19.0 Å². The molecule has 0 heterocycles. The fourth-order valence-corrected chi connectivity index (χ4v) is 2.06. The molecule has 0 N–H and O–H groups in total. The van der Waals surface area contributed by atoms with E-state index in [4.69, 9.17) is 0 Å². The summed E-state index contributed by atoms with van der Waals surface area (Å²) in [7, 11) is 3.54. The number of carbonyl (C=O) groups excluding carboxylic acids is 1. The first-order valence-corrected chi connectivity index (χ1v) is 6.53. The number of amides is 1. The van der Waals surface area contributed by atoms with E-state index in [2.05, 4.69) is 31.2 Å². The van der Waals surface area contributed by atoms with Crippen LogP contribution in [0.5, 0.6) is 0 Å². The molecule has 0 fully saturated rings.